The average molecular weight is 256 g/mol. The van der Waals surface area contributed by atoms with Crippen LogP contribution in [0.5, 0.6) is 0 Å². The molecular weight excluding hydrogens is 236 g/mol. The van der Waals surface area contributed by atoms with Crippen LogP contribution in [-0.2, 0) is 0 Å². The minimum Gasteiger partial charge on any atom is -0.307 e. The Morgan fingerprint density at radius 3 is 3.12 bits per heavy atom. The number of nitrogens with zero attached hydrogens (tertiary/aromatic N) is 1. The van der Waals surface area contributed by atoms with Crippen molar-refractivity contribution in [3.63, 3.8) is 0 Å². The molecule has 2 nitrogen and oxygen atoms in total. The van der Waals surface area contributed by atoms with Crippen molar-refractivity contribution >= 4 is 23.1 Å². The molecule has 3 unspecified atom stereocenters. The second kappa shape index (κ2) is 6.03. The van der Waals surface area contributed by atoms with Gasteiger partial charge in [-0.05, 0) is 32.4 Å². The quantitative estimate of drug-likeness (QED) is 0.893. The lowest BCUT2D eigenvalue weighted by Gasteiger charge is -2.30. The number of hydrogen-bond acceptors (Lipinski definition) is 4. The minimum atomic E-state index is 0.457. The summed E-state index contributed by atoms with van der Waals surface area (Å²) in [4.78, 5) is 5.49. The standard InChI is InChI=1S/C12H20N2S2/c1-9(12-7-13-8-16-12)14-10-4-3-5-11(6-10)15-2/h7-11,14H,3-6H2,1-2H3. The van der Waals surface area contributed by atoms with E-state index in [-0.39, 0.29) is 0 Å². The van der Waals surface area contributed by atoms with Crippen molar-refractivity contribution in [3.8, 4) is 0 Å². The number of aromatic nitrogens is 1. The second-order valence-corrected chi connectivity index (χ2v) is 6.57. The second-order valence-electron chi connectivity index (χ2n) is 4.51. The predicted octanol–water partition coefficient (Wildman–Crippen LogP) is 3.47. The van der Waals surface area contributed by atoms with Crippen LogP contribution in [0, 0.1) is 0 Å². The molecule has 2 rings (SSSR count). The van der Waals surface area contributed by atoms with Gasteiger partial charge in [-0.2, -0.15) is 11.8 Å². The molecule has 1 saturated carbocycles. The van der Waals surface area contributed by atoms with Gasteiger partial charge in [0, 0.05) is 28.4 Å². The lowest BCUT2D eigenvalue weighted by atomic mass is 9.94. The topological polar surface area (TPSA) is 24.9 Å². The van der Waals surface area contributed by atoms with E-state index in [4.69, 9.17) is 0 Å². The van der Waals surface area contributed by atoms with Crippen LogP contribution < -0.4 is 5.32 Å². The Morgan fingerprint density at radius 1 is 1.56 bits per heavy atom. The molecule has 1 aliphatic rings. The van der Waals surface area contributed by atoms with Gasteiger partial charge in [-0.3, -0.25) is 4.98 Å². The molecule has 1 heterocycles. The van der Waals surface area contributed by atoms with Crippen LogP contribution in [0.1, 0.15) is 43.5 Å². The minimum absolute atomic E-state index is 0.457. The summed E-state index contributed by atoms with van der Waals surface area (Å²) in [7, 11) is 0. The van der Waals surface area contributed by atoms with Crippen molar-refractivity contribution < 1.29 is 0 Å². The summed E-state index contributed by atoms with van der Waals surface area (Å²) in [6, 6.07) is 1.15. The molecule has 0 aromatic carbocycles. The van der Waals surface area contributed by atoms with Crippen LogP contribution in [0.15, 0.2) is 11.7 Å². The van der Waals surface area contributed by atoms with Gasteiger partial charge in [0.05, 0.1) is 5.51 Å². The van der Waals surface area contributed by atoms with Crippen LogP contribution in [-0.4, -0.2) is 22.5 Å². The van der Waals surface area contributed by atoms with Crippen molar-refractivity contribution in [2.24, 2.45) is 0 Å². The third-order valence-electron chi connectivity index (χ3n) is 3.32. The summed E-state index contributed by atoms with van der Waals surface area (Å²) in [5.41, 5.74) is 1.92. The van der Waals surface area contributed by atoms with Gasteiger partial charge in [0.1, 0.15) is 0 Å². The summed E-state index contributed by atoms with van der Waals surface area (Å²) in [5, 5.41) is 4.60. The third-order valence-corrected chi connectivity index (χ3v) is 5.38. The molecule has 0 spiro atoms. The maximum atomic E-state index is 4.14. The molecule has 90 valence electrons. The third kappa shape index (κ3) is 3.22. The van der Waals surface area contributed by atoms with E-state index in [1.54, 1.807) is 11.3 Å². The van der Waals surface area contributed by atoms with Crippen molar-refractivity contribution in [3.05, 3.63) is 16.6 Å². The molecule has 3 atom stereocenters. The van der Waals surface area contributed by atoms with E-state index >= 15 is 0 Å². The number of nitrogens with one attached hydrogen (secondary N) is 1. The predicted molar refractivity (Wildman–Crippen MR) is 73.2 cm³/mol. The van der Waals surface area contributed by atoms with Gasteiger partial charge in [0.2, 0.25) is 0 Å². The number of hydrogen-bond donors (Lipinski definition) is 1. The van der Waals surface area contributed by atoms with Gasteiger partial charge in [-0.1, -0.05) is 6.42 Å². The van der Waals surface area contributed by atoms with E-state index in [0.29, 0.717) is 12.1 Å². The first-order valence-electron chi connectivity index (χ1n) is 5.97. The Hall–Kier alpha value is -0.0600. The van der Waals surface area contributed by atoms with Gasteiger partial charge in [-0.25, -0.2) is 0 Å². The number of thiazole rings is 1. The van der Waals surface area contributed by atoms with Crippen LogP contribution in [0.4, 0.5) is 0 Å². The molecule has 4 heteroatoms. The molecule has 0 aliphatic heterocycles. The van der Waals surface area contributed by atoms with E-state index in [0.717, 1.165) is 5.25 Å². The Balaban J connectivity index is 1.84. The first-order chi connectivity index (χ1) is 7.79. The van der Waals surface area contributed by atoms with E-state index in [1.807, 2.05) is 23.5 Å². The zero-order valence-electron chi connectivity index (χ0n) is 9.98. The molecule has 1 aromatic heterocycles. The van der Waals surface area contributed by atoms with Gasteiger partial charge in [0.15, 0.2) is 0 Å². The molecule has 16 heavy (non-hydrogen) atoms. The van der Waals surface area contributed by atoms with Gasteiger partial charge in [0.25, 0.3) is 0 Å². The Morgan fingerprint density at radius 2 is 2.44 bits per heavy atom. The van der Waals surface area contributed by atoms with Gasteiger partial charge in [-0.15, -0.1) is 11.3 Å². The Bertz CT molecular complexity index is 300. The fraction of sp³-hybridized carbons (Fsp3) is 0.750. The average Bonchev–Trinajstić information content (AvgIpc) is 2.83. The van der Waals surface area contributed by atoms with Crippen molar-refractivity contribution in [2.75, 3.05) is 6.26 Å². The van der Waals surface area contributed by atoms with Gasteiger partial charge >= 0.3 is 0 Å². The highest BCUT2D eigenvalue weighted by Crippen LogP contribution is 2.28. The summed E-state index contributed by atoms with van der Waals surface area (Å²) < 4.78 is 0. The maximum absolute atomic E-state index is 4.14. The summed E-state index contributed by atoms with van der Waals surface area (Å²) in [6.45, 7) is 2.25. The highest BCUT2D eigenvalue weighted by atomic mass is 32.2. The van der Waals surface area contributed by atoms with Crippen LogP contribution in [0.25, 0.3) is 0 Å². The van der Waals surface area contributed by atoms with E-state index in [2.05, 4.69) is 23.5 Å². The highest BCUT2D eigenvalue weighted by molar-refractivity contribution is 7.99. The van der Waals surface area contributed by atoms with Crippen molar-refractivity contribution in [2.45, 2.75) is 49.9 Å². The molecule has 1 fully saturated rings. The molecule has 0 radical (unpaired) electrons. The van der Waals surface area contributed by atoms with Crippen molar-refractivity contribution in [1.82, 2.24) is 10.3 Å². The molecule has 0 amide bonds. The largest absolute Gasteiger partial charge is 0.307 e. The summed E-state index contributed by atoms with van der Waals surface area (Å²) in [6.07, 6.45) is 9.65. The zero-order valence-corrected chi connectivity index (χ0v) is 11.6. The van der Waals surface area contributed by atoms with Gasteiger partial charge < -0.3 is 5.32 Å². The SMILES string of the molecule is CSC1CCCC(NC(C)c2cncs2)C1. The van der Waals surface area contributed by atoms with Crippen LogP contribution in [0.3, 0.4) is 0 Å². The molecule has 1 aliphatic carbocycles. The van der Waals surface area contributed by atoms with E-state index < -0.39 is 0 Å². The van der Waals surface area contributed by atoms with E-state index in [1.165, 1.54) is 30.6 Å². The summed E-state index contributed by atoms with van der Waals surface area (Å²) >= 11 is 3.77. The fourth-order valence-corrected chi connectivity index (χ4v) is 3.85. The summed E-state index contributed by atoms with van der Waals surface area (Å²) in [5.74, 6) is 0. The van der Waals surface area contributed by atoms with Crippen LogP contribution >= 0.6 is 23.1 Å². The first kappa shape index (κ1) is 12.4. The molecule has 1 aromatic rings. The van der Waals surface area contributed by atoms with E-state index in [9.17, 15) is 0 Å². The fourth-order valence-electron chi connectivity index (χ4n) is 2.39. The van der Waals surface area contributed by atoms with Crippen LogP contribution in [0.2, 0.25) is 0 Å². The highest BCUT2D eigenvalue weighted by Gasteiger charge is 2.22. The number of thioether (sulfide) groups is 1. The number of rotatable bonds is 4. The Labute approximate surface area is 106 Å². The lowest BCUT2D eigenvalue weighted by molar-refractivity contribution is 0.355. The normalized spacial score (nSPS) is 27.9. The molecular formula is C12H20N2S2. The maximum Gasteiger partial charge on any atom is 0.0794 e. The lowest BCUT2D eigenvalue weighted by Crippen LogP contribution is -2.36. The molecule has 0 saturated heterocycles. The smallest absolute Gasteiger partial charge is 0.0794 e. The first-order valence-corrected chi connectivity index (χ1v) is 8.13. The zero-order chi connectivity index (χ0) is 11.4. The molecule has 0 bridgehead atoms. The Kier molecular flexibility index (Phi) is 4.67. The van der Waals surface area contributed by atoms with Crippen molar-refractivity contribution in [1.29, 1.82) is 0 Å². The monoisotopic (exact) mass is 256 g/mol. The molecule has 1 N–H and O–H groups in total.